The Morgan fingerprint density at radius 2 is 1.96 bits per heavy atom. The van der Waals surface area contributed by atoms with Gasteiger partial charge in [-0.05, 0) is 23.8 Å². The predicted octanol–water partition coefficient (Wildman–Crippen LogP) is 3.25. The zero-order valence-electron chi connectivity index (χ0n) is 11.5. The number of anilines is 1. The molecule has 0 saturated carbocycles. The Hall–Kier alpha value is -2.64. The van der Waals surface area contributed by atoms with E-state index < -0.39 is 10.8 Å². The molecule has 0 aliphatic rings. The molecule has 0 fully saturated rings. The van der Waals surface area contributed by atoms with Gasteiger partial charge >= 0.3 is 0 Å². The standard InChI is InChI=1S/C14H10Cl2N4O3/c15-11-3-1-8(5-12(11)16)7-18-19-14(21)10-6-9(20(22)23)2-4-13(10)17/h1-7H,17H2,(H,19,21)/b18-7+. The number of amides is 1. The van der Waals surface area contributed by atoms with E-state index in [0.29, 0.717) is 15.6 Å². The van der Waals surface area contributed by atoms with Crippen molar-refractivity contribution in [3.05, 3.63) is 67.7 Å². The van der Waals surface area contributed by atoms with Crippen LogP contribution in [0.3, 0.4) is 0 Å². The Labute approximate surface area is 140 Å². The molecule has 0 bridgehead atoms. The minimum Gasteiger partial charge on any atom is -0.398 e. The highest BCUT2D eigenvalue weighted by molar-refractivity contribution is 6.42. The minimum absolute atomic E-state index is 0.0366. The van der Waals surface area contributed by atoms with Crippen LogP contribution in [0.25, 0.3) is 0 Å². The van der Waals surface area contributed by atoms with E-state index >= 15 is 0 Å². The fourth-order valence-electron chi connectivity index (χ4n) is 1.67. The fraction of sp³-hybridized carbons (Fsp3) is 0. The third-order valence-electron chi connectivity index (χ3n) is 2.82. The first-order valence-corrected chi connectivity index (χ1v) is 6.96. The molecule has 0 aliphatic heterocycles. The zero-order chi connectivity index (χ0) is 17.0. The summed E-state index contributed by atoms with van der Waals surface area (Å²) >= 11 is 11.6. The van der Waals surface area contributed by atoms with Gasteiger partial charge in [-0.3, -0.25) is 14.9 Å². The van der Waals surface area contributed by atoms with Crippen LogP contribution in [0.4, 0.5) is 11.4 Å². The molecule has 0 radical (unpaired) electrons. The molecule has 0 aromatic heterocycles. The van der Waals surface area contributed by atoms with Crippen LogP contribution in [-0.4, -0.2) is 17.0 Å². The van der Waals surface area contributed by atoms with Crippen LogP contribution >= 0.6 is 23.2 Å². The third-order valence-corrected chi connectivity index (χ3v) is 3.55. The largest absolute Gasteiger partial charge is 0.398 e. The lowest BCUT2D eigenvalue weighted by molar-refractivity contribution is -0.384. The maximum Gasteiger partial charge on any atom is 0.273 e. The summed E-state index contributed by atoms with van der Waals surface area (Å²) in [4.78, 5) is 22.1. The topological polar surface area (TPSA) is 111 Å². The van der Waals surface area contributed by atoms with Crippen molar-refractivity contribution < 1.29 is 9.72 Å². The second kappa shape index (κ2) is 7.08. The summed E-state index contributed by atoms with van der Waals surface area (Å²) in [6.07, 6.45) is 1.35. The number of nitrogens with zero attached hydrogens (tertiary/aromatic N) is 2. The highest BCUT2D eigenvalue weighted by Crippen LogP contribution is 2.22. The van der Waals surface area contributed by atoms with E-state index in [9.17, 15) is 14.9 Å². The number of nitro benzene ring substituents is 1. The first-order chi connectivity index (χ1) is 10.9. The minimum atomic E-state index is -0.664. The Morgan fingerprint density at radius 1 is 1.22 bits per heavy atom. The molecule has 23 heavy (non-hydrogen) atoms. The number of nitrogens with two attached hydrogens (primary N) is 1. The van der Waals surface area contributed by atoms with Crippen LogP contribution in [0.15, 0.2) is 41.5 Å². The molecule has 118 valence electrons. The number of carbonyl (C=O) groups excluding carboxylic acids is 1. The van der Waals surface area contributed by atoms with E-state index in [1.807, 2.05) is 0 Å². The molecule has 0 unspecified atom stereocenters. The maximum atomic E-state index is 12.0. The molecule has 0 saturated heterocycles. The molecule has 2 aromatic carbocycles. The quantitative estimate of drug-likeness (QED) is 0.380. The molecule has 2 aromatic rings. The summed E-state index contributed by atoms with van der Waals surface area (Å²) in [5, 5.41) is 15.2. The average Bonchev–Trinajstić information content (AvgIpc) is 2.51. The van der Waals surface area contributed by atoms with Gasteiger partial charge in [0.2, 0.25) is 0 Å². The van der Waals surface area contributed by atoms with Gasteiger partial charge in [0, 0.05) is 17.8 Å². The van der Waals surface area contributed by atoms with Crippen molar-refractivity contribution in [1.82, 2.24) is 5.43 Å². The summed E-state index contributed by atoms with van der Waals surface area (Å²) in [5.74, 6) is -0.664. The van der Waals surface area contributed by atoms with Crippen molar-refractivity contribution in [2.75, 3.05) is 5.73 Å². The van der Waals surface area contributed by atoms with Gasteiger partial charge in [0.05, 0.1) is 26.7 Å². The van der Waals surface area contributed by atoms with E-state index in [2.05, 4.69) is 10.5 Å². The van der Waals surface area contributed by atoms with Crippen molar-refractivity contribution in [1.29, 1.82) is 0 Å². The molecule has 0 atom stereocenters. The number of rotatable bonds is 4. The number of nitrogens with one attached hydrogen (secondary N) is 1. The van der Waals surface area contributed by atoms with Crippen LogP contribution in [-0.2, 0) is 0 Å². The number of hydrogen-bond acceptors (Lipinski definition) is 5. The number of benzene rings is 2. The second-order valence-electron chi connectivity index (χ2n) is 4.40. The number of non-ortho nitro benzene ring substituents is 1. The van der Waals surface area contributed by atoms with Crippen LogP contribution in [0, 0.1) is 10.1 Å². The van der Waals surface area contributed by atoms with E-state index in [-0.39, 0.29) is 16.9 Å². The van der Waals surface area contributed by atoms with Crippen LogP contribution in [0.2, 0.25) is 10.0 Å². The Kier molecular flexibility index (Phi) is 5.15. The first-order valence-electron chi connectivity index (χ1n) is 6.21. The predicted molar refractivity (Wildman–Crippen MR) is 89.0 cm³/mol. The number of halogens is 2. The summed E-state index contributed by atoms with van der Waals surface area (Å²) in [6.45, 7) is 0. The SMILES string of the molecule is Nc1ccc([N+](=O)[O-])cc1C(=O)N/N=C/c1ccc(Cl)c(Cl)c1. The molecular formula is C14H10Cl2N4O3. The summed E-state index contributed by atoms with van der Waals surface area (Å²) in [6, 6.07) is 8.40. The molecule has 7 nitrogen and oxygen atoms in total. The number of nitro groups is 1. The Bertz CT molecular complexity index is 809. The van der Waals surface area contributed by atoms with E-state index in [1.54, 1.807) is 18.2 Å². The Morgan fingerprint density at radius 3 is 2.61 bits per heavy atom. The molecule has 1 amide bonds. The Balaban J connectivity index is 2.13. The normalized spacial score (nSPS) is 10.7. The highest BCUT2D eigenvalue weighted by Gasteiger charge is 2.14. The van der Waals surface area contributed by atoms with Gasteiger partial charge < -0.3 is 5.73 Å². The van der Waals surface area contributed by atoms with Crippen LogP contribution in [0.5, 0.6) is 0 Å². The maximum absolute atomic E-state index is 12.0. The summed E-state index contributed by atoms with van der Waals surface area (Å²) < 4.78 is 0. The van der Waals surface area contributed by atoms with Crippen molar-refractivity contribution >= 4 is 46.7 Å². The monoisotopic (exact) mass is 352 g/mol. The van der Waals surface area contributed by atoms with Gasteiger partial charge in [0.15, 0.2) is 0 Å². The third kappa shape index (κ3) is 4.18. The molecule has 2 rings (SSSR count). The summed E-state index contributed by atoms with van der Waals surface area (Å²) in [7, 11) is 0. The van der Waals surface area contributed by atoms with Gasteiger partial charge in [0.25, 0.3) is 11.6 Å². The molecule has 0 heterocycles. The van der Waals surface area contributed by atoms with E-state index in [1.165, 1.54) is 18.3 Å². The molecular weight excluding hydrogens is 343 g/mol. The number of hydrazone groups is 1. The molecule has 0 aliphatic carbocycles. The smallest absolute Gasteiger partial charge is 0.273 e. The molecule has 3 N–H and O–H groups in total. The lowest BCUT2D eigenvalue weighted by Crippen LogP contribution is -2.19. The number of nitrogen functional groups attached to an aromatic ring is 1. The van der Waals surface area contributed by atoms with Crippen molar-refractivity contribution in [2.24, 2.45) is 5.10 Å². The van der Waals surface area contributed by atoms with Gasteiger partial charge in [-0.25, -0.2) is 5.43 Å². The molecule has 9 heteroatoms. The second-order valence-corrected chi connectivity index (χ2v) is 5.22. The summed E-state index contributed by atoms with van der Waals surface area (Å²) in [5.41, 5.74) is 8.33. The van der Waals surface area contributed by atoms with Crippen LogP contribution < -0.4 is 11.2 Å². The van der Waals surface area contributed by atoms with Crippen molar-refractivity contribution in [3.8, 4) is 0 Å². The lowest BCUT2D eigenvalue weighted by Gasteiger charge is -2.04. The lowest BCUT2D eigenvalue weighted by atomic mass is 10.1. The fourth-order valence-corrected chi connectivity index (χ4v) is 1.98. The zero-order valence-corrected chi connectivity index (χ0v) is 13.0. The average molecular weight is 353 g/mol. The number of carbonyl (C=O) groups is 1. The van der Waals surface area contributed by atoms with Gasteiger partial charge in [-0.1, -0.05) is 29.3 Å². The molecule has 0 spiro atoms. The first kappa shape index (κ1) is 16.7. The van der Waals surface area contributed by atoms with E-state index in [0.717, 1.165) is 6.07 Å². The van der Waals surface area contributed by atoms with Crippen molar-refractivity contribution in [2.45, 2.75) is 0 Å². The van der Waals surface area contributed by atoms with E-state index in [4.69, 9.17) is 28.9 Å². The number of hydrogen-bond donors (Lipinski definition) is 2. The highest BCUT2D eigenvalue weighted by atomic mass is 35.5. The van der Waals surface area contributed by atoms with Gasteiger partial charge in [0.1, 0.15) is 0 Å². The van der Waals surface area contributed by atoms with Crippen LogP contribution in [0.1, 0.15) is 15.9 Å². The van der Waals surface area contributed by atoms with Gasteiger partial charge in [-0.2, -0.15) is 5.10 Å². The van der Waals surface area contributed by atoms with Gasteiger partial charge in [-0.15, -0.1) is 0 Å². The van der Waals surface area contributed by atoms with Crippen molar-refractivity contribution in [3.63, 3.8) is 0 Å².